The smallest absolute Gasteiger partial charge is 0.0668 e. The molecule has 0 spiro atoms. The molecule has 0 aliphatic carbocycles. The molecule has 4 atom stereocenters. The Kier molecular flexibility index (Phi) is 4.31. The fourth-order valence-electron chi connectivity index (χ4n) is 2.80. The lowest BCUT2D eigenvalue weighted by Gasteiger charge is -2.44. The number of piperidine rings is 1. The zero-order valence-electron chi connectivity index (χ0n) is 11.0. The van der Waals surface area contributed by atoms with Gasteiger partial charge < -0.3 is 0 Å². The summed E-state index contributed by atoms with van der Waals surface area (Å²) in [5.74, 6) is 0.0744. The molecular formula is C15H20N2S. The molecule has 96 valence electrons. The molecule has 3 heteroatoms. The van der Waals surface area contributed by atoms with Gasteiger partial charge in [0.25, 0.3) is 0 Å². The fraction of sp³-hybridized carbons (Fsp3) is 0.533. The van der Waals surface area contributed by atoms with Gasteiger partial charge in [-0.1, -0.05) is 30.3 Å². The van der Waals surface area contributed by atoms with Crippen molar-refractivity contribution in [2.24, 2.45) is 5.92 Å². The van der Waals surface area contributed by atoms with E-state index in [0.717, 1.165) is 13.0 Å². The van der Waals surface area contributed by atoms with Crippen LogP contribution < -0.4 is 0 Å². The Bertz CT molecular complexity index is 426. The summed E-state index contributed by atoms with van der Waals surface area (Å²) < 4.78 is 0. The highest BCUT2D eigenvalue weighted by atomic mass is 32.1. The van der Waals surface area contributed by atoms with E-state index in [1.807, 2.05) is 6.07 Å². The molecule has 1 aliphatic heterocycles. The van der Waals surface area contributed by atoms with E-state index in [1.54, 1.807) is 0 Å². The molecule has 0 N–H and O–H groups in total. The van der Waals surface area contributed by atoms with Crippen molar-refractivity contribution in [1.29, 1.82) is 5.26 Å². The predicted octanol–water partition coefficient (Wildman–Crippen LogP) is 3.11. The summed E-state index contributed by atoms with van der Waals surface area (Å²) in [6, 6.07) is 13.7. The molecule has 4 unspecified atom stereocenters. The summed E-state index contributed by atoms with van der Waals surface area (Å²) in [6.07, 6.45) is 0.918. The van der Waals surface area contributed by atoms with E-state index in [2.05, 4.69) is 61.7 Å². The first-order valence-electron chi connectivity index (χ1n) is 6.51. The molecule has 1 heterocycles. The Balaban J connectivity index is 2.11. The summed E-state index contributed by atoms with van der Waals surface area (Å²) >= 11 is 4.63. The van der Waals surface area contributed by atoms with Crippen LogP contribution in [0, 0.1) is 17.2 Å². The predicted molar refractivity (Wildman–Crippen MR) is 77.4 cm³/mol. The first kappa shape index (κ1) is 13.5. The molecule has 1 aromatic carbocycles. The van der Waals surface area contributed by atoms with Crippen LogP contribution in [0.1, 0.15) is 25.8 Å². The second kappa shape index (κ2) is 5.77. The standard InChI is InChI=1S/C15H20N2S/c1-11-8-14(9-16)15(18)12(2)17(11)10-13-6-4-3-5-7-13/h3-7,11-12,14-15,18H,8,10H2,1-2H3. The third-order valence-corrected chi connectivity index (χ3v) is 4.76. The average Bonchev–Trinajstić information content (AvgIpc) is 2.40. The Morgan fingerprint density at radius 3 is 2.61 bits per heavy atom. The normalized spacial score (nSPS) is 33.0. The van der Waals surface area contributed by atoms with Crippen LogP contribution in [0.4, 0.5) is 0 Å². The van der Waals surface area contributed by atoms with E-state index in [1.165, 1.54) is 5.56 Å². The van der Waals surface area contributed by atoms with Gasteiger partial charge in [0.1, 0.15) is 0 Å². The van der Waals surface area contributed by atoms with Crippen molar-refractivity contribution in [2.75, 3.05) is 0 Å². The monoisotopic (exact) mass is 260 g/mol. The maximum absolute atomic E-state index is 9.16. The van der Waals surface area contributed by atoms with Gasteiger partial charge in [-0.2, -0.15) is 17.9 Å². The van der Waals surface area contributed by atoms with Crippen LogP contribution in [0.5, 0.6) is 0 Å². The van der Waals surface area contributed by atoms with Crippen molar-refractivity contribution in [1.82, 2.24) is 4.90 Å². The number of nitrogens with zero attached hydrogens (tertiary/aromatic N) is 2. The Hall–Kier alpha value is -0.980. The maximum atomic E-state index is 9.16. The van der Waals surface area contributed by atoms with E-state index >= 15 is 0 Å². The van der Waals surface area contributed by atoms with Crippen molar-refractivity contribution in [3.63, 3.8) is 0 Å². The summed E-state index contributed by atoms with van der Waals surface area (Å²) in [6.45, 7) is 5.34. The molecular weight excluding hydrogens is 240 g/mol. The highest BCUT2D eigenvalue weighted by Crippen LogP contribution is 2.32. The first-order chi connectivity index (χ1) is 8.63. The van der Waals surface area contributed by atoms with Crippen molar-refractivity contribution in [3.8, 4) is 6.07 Å². The van der Waals surface area contributed by atoms with Gasteiger partial charge in [0.05, 0.1) is 12.0 Å². The summed E-state index contributed by atoms with van der Waals surface area (Å²) in [4.78, 5) is 2.46. The lowest BCUT2D eigenvalue weighted by Crippen LogP contribution is -2.52. The fourth-order valence-corrected chi connectivity index (χ4v) is 3.16. The SMILES string of the molecule is CC1CC(C#N)C(S)C(C)N1Cc1ccccc1. The summed E-state index contributed by atoms with van der Waals surface area (Å²) in [5, 5.41) is 9.30. The lowest BCUT2D eigenvalue weighted by atomic mass is 9.87. The Morgan fingerprint density at radius 2 is 2.00 bits per heavy atom. The van der Waals surface area contributed by atoms with Gasteiger partial charge in [-0.3, -0.25) is 4.90 Å². The number of hydrogen-bond acceptors (Lipinski definition) is 3. The molecule has 2 nitrogen and oxygen atoms in total. The van der Waals surface area contributed by atoms with Gasteiger partial charge >= 0.3 is 0 Å². The lowest BCUT2D eigenvalue weighted by molar-refractivity contribution is 0.0836. The Labute approximate surface area is 115 Å². The van der Waals surface area contributed by atoms with Crippen LogP contribution >= 0.6 is 12.6 Å². The number of benzene rings is 1. The quantitative estimate of drug-likeness (QED) is 0.827. The van der Waals surface area contributed by atoms with Gasteiger partial charge in [0.15, 0.2) is 0 Å². The molecule has 0 radical (unpaired) electrons. The minimum absolute atomic E-state index is 0.0744. The molecule has 0 saturated carbocycles. The highest BCUT2D eigenvalue weighted by molar-refractivity contribution is 7.81. The number of thiol groups is 1. The van der Waals surface area contributed by atoms with Crippen molar-refractivity contribution >= 4 is 12.6 Å². The van der Waals surface area contributed by atoms with E-state index in [4.69, 9.17) is 5.26 Å². The number of nitriles is 1. The van der Waals surface area contributed by atoms with E-state index in [0.29, 0.717) is 12.1 Å². The van der Waals surface area contributed by atoms with Gasteiger partial charge in [-0.25, -0.2) is 0 Å². The topological polar surface area (TPSA) is 27.0 Å². The molecule has 1 fully saturated rings. The van der Waals surface area contributed by atoms with Crippen LogP contribution in [0.3, 0.4) is 0 Å². The van der Waals surface area contributed by atoms with Crippen molar-refractivity contribution < 1.29 is 0 Å². The molecule has 2 rings (SSSR count). The Morgan fingerprint density at radius 1 is 1.33 bits per heavy atom. The van der Waals surface area contributed by atoms with Crippen molar-refractivity contribution in [2.45, 2.75) is 44.1 Å². The summed E-state index contributed by atoms with van der Waals surface area (Å²) in [5.41, 5.74) is 1.33. The number of likely N-dealkylation sites (tertiary alicyclic amines) is 1. The second-order valence-corrected chi connectivity index (χ2v) is 5.81. The van der Waals surface area contributed by atoms with Crippen LogP contribution in [0.15, 0.2) is 30.3 Å². The molecule has 0 bridgehead atoms. The van der Waals surface area contributed by atoms with Crippen molar-refractivity contribution in [3.05, 3.63) is 35.9 Å². The average molecular weight is 260 g/mol. The molecule has 1 aliphatic rings. The highest BCUT2D eigenvalue weighted by Gasteiger charge is 2.37. The van der Waals surface area contributed by atoms with Crippen LogP contribution in [0.2, 0.25) is 0 Å². The third kappa shape index (κ3) is 2.71. The van der Waals surface area contributed by atoms with E-state index in [-0.39, 0.29) is 11.2 Å². The minimum atomic E-state index is 0.0744. The molecule has 18 heavy (non-hydrogen) atoms. The zero-order chi connectivity index (χ0) is 13.1. The van der Waals surface area contributed by atoms with E-state index < -0.39 is 0 Å². The minimum Gasteiger partial charge on any atom is -0.293 e. The zero-order valence-corrected chi connectivity index (χ0v) is 11.8. The largest absolute Gasteiger partial charge is 0.293 e. The summed E-state index contributed by atoms with van der Waals surface area (Å²) in [7, 11) is 0. The van der Waals surface area contributed by atoms with Crippen LogP contribution in [-0.2, 0) is 6.54 Å². The van der Waals surface area contributed by atoms with Gasteiger partial charge in [-0.05, 0) is 25.8 Å². The second-order valence-electron chi connectivity index (χ2n) is 5.21. The number of hydrogen-bond donors (Lipinski definition) is 1. The first-order valence-corrected chi connectivity index (χ1v) is 7.02. The van der Waals surface area contributed by atoms with E-state index in [9.17, 15) is 0 Å². The molecule has 1 saturated heterocycles. The molecule has 1 aromatic rings. The molecule has 0 aromatic heterocycles. The number of rotatable bonds is 2. The van der Waals surface area contributed by atoms with Crippen LogP contribution in [-0.4, -0.2) is 22.2 Å². The van der Waals surface area contributed by atoms with Gasteiger partial charge in [-0.15, -0.1) is 0 Å². The van der Waals surface area contributed by atoms with Gasteiger partial charge in [0.2, 0.25) is 0 Å². The maximum Gasteiger partial charge on any atom is 0.0668 e. The van der Waals surface area contributed by atoms with Crippen LogP contribution in [0.25, 0.3) is 0 Å². The molecule has 0 amide bonds. The third-order valence-electron chi connectivity index (χ3n) is 3.96. The van der Waals surface area contributed by atoms with Gasteiger partial charge in [0, 0.05) is 23.9 Å².